The first kappa shape index (κ1) is 19.5. The van der Waals surface area contributed by atoms with Crippen molar-refractivity contribution in [2.24, 2.45) is 5.41 Å². The third-order valence-corrected chi connectivity index (χ3v) is 6.13. The number of ketones is 1. The smallest absolute Gasteiger partial charge is 0.319 e. The Kier molecular flexibility index (Phi) is 5.94. The Labute approximate surface area is 162 Å². The number of tetrazole rings is 1. The van der Waals surface area contributed by atoms with E-state index in [1.807, 2.05) is 32.0 Å². The van der Waals surface area contributed by atoms with Crippen LogP contribution >= 0.6 is 11.8 Å². The molecule has 0 radical (unpaired) electrons. The normalized spacial score (nSPS) is 19.4. The summed E-state index contributed by atoms with van der Waals surface area (Å²) in [4.78, 5) is 24.9. The summed E-state index contributed by atoms with van der Waals surface area (Å²) < 4.78 is 6.90. The molecule has 3 rings (SSSR count). The monoisotopic (exact) mass is 388 g/mol. The Hall–Kier alpha value is -2.22. The highest BCUT2D eigenvalue weighted by Gasteiger charge is 2.49. The summed E-state index contributed by atoms with van der Waals surface area (Å²) in [5.41, 5.74) is 2.21. The van der Waals surface area contributed by atoms with E-state index in [-0.39, 0.29) is 18.4 Å². The number of ether oxygens (including phenoxy) is 1. The largest absolute Gasteiger partial charge is 0.465 e. The van der Waals surface area contributed by atoms with Gasteiger partial charge in [-0.2, -0.15) is 4.68 Å². The van der Waals surface area contributed by atoms with Crippen LogP contribution in [0.2, 0.25) is 0 Å². The van der Waals surface area contributed by atoms with Crippen LogP contribution in [0.1, 0.15) is 43.7 Å². The van der Waals surface area contributed by atoms with E-state index in [0.29, 0.717) is 30.2 Å². The predicted molar refractivity (Wildman–Crippen MR) is 102 cm³/mol. The predicted octanol–water partition coefficient (Wildman–Crippen LogP) is 3.06. The van der Waals surface area contributed by atoms with E-state index >= 15 is 0 Å². The maximum atomic E-state index is 12.4. The zero-order valence-corrected chi connectivity index (χ0v) is 16.7. The van der Waals surface area contributed by atoms with Crippen molar-refractivity contribution in [3.8, 4) is 5.69 Å². The molecule has 1 aromatic carbocycles. The Balaban J connectivity index is 1.74. The number of thioether (sulfide) groups is 1. The number of aryl methyl sites for hydroxylation is 1. The molecule has 1 aliphatic carbocycles. The van der Waals surface area contributed by atoms with Gasteiger partial charge >= 0.3 is 5.97 Å². The molecule has 27 heavy (non-hydrogen) atoms. The van der Waals surface area contributed by atoms with Gasteiger partial charge in [0.05, 0.1) is 12.3 Å². The highest BCUT2D eigenvalue weighted by molar-refractivity contribution is 7.99. The van der Waals surface area contributed by atoms with Crippen LogP contribution in [0.3, 0.4) is 0 Å². The summed E-state index contributed by atoms with van der Waals surface area (Å²) in [6.07, 6.45) is 2.19. The molecular weight excluding hydrogens is 364 g/mol. The van der Waals surface area contributed by atoms with Gasteiger partial charge in [-0.3, -0.25) is 9.59 Å². The van der Waals surface area contributed by atoms with Crippen molar-refractivity contribution in [1.82, 2.24) is 20.2 Å². The third kappa shape index (κ3) is 3.76. The lowest BCUT2D eigenvalue weighted by molar-refractivity contribution is -0.158. The first-order valence-corrected chi connectivity index (χ1v) is 10.2. The number of carbonyl (C=O) groups excluding carboxylic acids is 2. The van der Waals surface area contributed by atoms with E-state index < -0.39 is 5.41 Å². The summed E-state index contributed by atoms with van der Waals surface area (Å²) in [5.74, 6) is 0.174. The molecule has 1 fully saturated rings. The quantitative estimate of drug-likeness (QED) is 0.409. The molecule has 0 saturated heterocycles. The number of carbonyl (C=O) groups is 2. The molecule has 1 saturated carbocycles. The first-order valence-electron chi connectivity index (χ1n) is 9.18. The second-order valence-electron chi connectivity index (χ2n) is 6.77. The standard InChI is InChI=1S/C19H24N4O3S/c1-4-26-17(25)19(10-6-9-16(19)24)11-12-27-18-20-21-22-23(18)15-8-5-7-13(2)14(15)3/h5,7-8H,4,6,9-12H2,1-3H3/t19-/m1/s1. The van der Waals surface area contributed by atoms with Crippen LogP contribution in [-0.2, 0) is 14.3 Å². The van der Waals surface area contributed by atoms with Gasteiger partial charge in [-0.15, -0.1) is 5.10 Å². The molecule has 144 valence electrons. The summed E-state index contributed by atoms with van der Waals surface area (Å²) >= 11 is 1.45. The number of Topliss-reactive ketones (excluding diaryl/α,β-unsaturated/α-hetero) is 1. The average molecular weight is 388 g/mol. The van der Waals surface area contributed by atoms with Gasteiger partial charge in [0.1, 0.15) is 11.2 Å². The zero-order valence-electron chi connectivity index (χ0n) is 15.9. The molecule has 0 N–H and O–H groups in total. The molecule has 1 aromatic heterocycles. The van der Waals surface area contributed by atoms with Gasteiger partial charge in [0, 0.05) is 12.2 Å². The van der Waals surface area contributed by atoms with Crippen molar-refractivity contribution in [2.45, 2.75) is 51.6 Å². The molecule has 7 nitrogen and oxygen atoms in total. The summed E-state index contributed by atoms with van der Waals surface area (Å²) in [6.45, 7) is 6.13. The Morgan fingerprint density at radius 2 is 2.19 bits per heavy atom. The summed E-state index contributed by atoms with van der Waals surface area (Å²) in [6, 6.07) is 5.99. The molecule has 0 unspecified atom stereocenters. The molecule has 1 heterocycles. The highest BCUT2D eigenvalue weighted by atomic mass is 32.2. The maximum Gasteiger partial charge on any atom is 0.319 e. The van der Waals surface area contributed by atoms with E-state index in [4.69, 9.17) is 4.74 Å². The van der Waals surface area contributed by atoms with E-state index in [9.17, 15) is 9.59 Å². The summed E-state index contributed by atoms with van der Waals surface area (Å²) in [5, 5.41) is 12.7. The molecule has 0 amide bonds. The number of aromatic nitrogens is 4. The Morgan fingerprint density at radius 1 is 1.37 bits per heavy atom. The lowest BCUT2D eigenvalue weighted by atomic mass is 9.82. The van der Waals surface area contributed by atoms with Crippen molar-refractivity contribution in [2.75, 3.05) is 12.4 Å². The van der Waals surface area contributed by atoms with E-state index in [2.05, 4.69) is 15.5 Å². The van der Waals surface area contributed by atoms with E-state index in [1.165, 1.54) is 11.8 Å². The third-order valence-electron chi connectivity index (χ3n) is 5.21. The highest BCUT2D eigenvalue weighted by Crippen LogP contribution is 2.40. The fraction of sp³-hybridized carbons (Fsp3) is 0.526. The number of benzene rings is 1. The number of hydrogen-bond acceptors (Lipinski definition) is 7. The van der Waals surface area contributed by atoms with Crippen LogP contribution in [0.5, 0.6) is 0 Å². The van der Waals surface area contributed by atoms with Crippen LogP contribution in [0, 0.1) is 19.3 Å². The van der Waals surface area contributed by atoms with Gasteiger partial charge in [-0.05, 0) is 67.7 Å². The molecule has 8 heteroatoms. The van der Waals surface area contributed by atoms with Gasteiger partial charge in [-0.1, -0.05) is 23.9 Å². The lowest BCUT2D eigenvalue weighted by Gasteiger charge is -2.24. The van der Waals surface area contributed by atoms with Gasteiger partial charge in [0.25, 0.3) is 0 Å². The second kappa shape index (κ2) is 8.21. The van der Waals surface area contributed by atoms with Gasteiger partial charge in [0.15, 0.2) is 0 Å². The van der Waals surface area contributed by atoms with Crippen LogP contribution in [0.15, 0.2) is 23.4 Å². The van der Waals surface area contributed by atoms with E-state index in [0.717, 1.165) is 23.2 Å². The van der Waals surface area contributed by atoms with Gasteiger partial charge in [-0.25, -0.2) is 0 Å². The zero-order chi connectivity index (χ0) is 19.4. The fourth-order valence-electron chi connectivity index (χ4n) is 3.48. The number of nitrogens with zero attached hydrogens (tertiary/aromatic N) is 4. The minimum atomic E-state index is -0.999. The number of esters is 1. The fourth-order valence-corrected chi connectivity index (χ4v) is 4.47. The minimum Gasteiger partial charge on any atom is -0.465 e. The van der Waals surface area contributed by atoms with Crippen molar-refractivity contribution >= 4 is 23.5 Å². The molecule has 0 aliphatic heterocycles. The summed E-state index contributed by atoms with van der Waals surface area (Å²) in [7, 11) is 0. The maximum absolute atomic E-state index is 12.4. The van der Waals surface area contributed by atoms with Gasteiger partial charge < -0.3 is 4.74 Å². The molecule has 1 aliphatic rings. The van der Waals surface area contributed by atoms with Gasteiger partial charge in [0.2, 0.25) is 5.16 Å². The van der Waals surface area contributed by atoms with Crippen LogP contribution < -0.4 is 0 Å². The molecule has 0 bridgehead atoms. The first-order chi connectivity index (χ1) is 13.0. The minimum absolute atomic E-state index is 0.00401. The lowest BCUT2D eigenvalue weighted by Crippen LogP contribution is -2.37. The second-order valence-corrected chi connectivity index (χ2v) is 7.83. The SMILES string of the molecule is CCOC(=O)[C@@]1(CCSc2nnnn2-c2cccc(C)c2C)CCCC1=O. The molecule has 0 spiro atoms. The molecular formula is C19H24N4O3S. The van der Waals surface area contributed by atoms with Crippen molar-refractivity contribution in [3.63, 3.8) is 0 Å². The number of rotatable bonds is 7. The number of hydrogen-bond donors (Lipinski definition) is 0. The van der Waals surface area contributed by atoms with Crippen LogP contribution in [-0.4, -0.2) is 44.3 Å². The molecule has 2 aromatic rings. The average Bonchev–Trinajstić information content (AvgIpc) is 3.25. The van der Waals surface area contributed by atoms with Crippen molar-refractivity contribution in [3.05, 3.63) is 29.3 Å². The Bertz CT molecular complexity index is 851. The van der Waals surface area contributed by atoms with Crippen molar-refractivity contribution < 1.29 is 14.3 Å². The Morgan fingerprint density at radius 3 is 2.89 bits per heavy atom. The topological polar surface area (TPSA) is 87.0 Å². The van der Waals surface area contributed by atoms with E-state index in [1.54, 1.807) is 11.6 Å². The van der Waals surface area contributed by atoms with Crippen LogP contribution in [0.25, 0.3) is 5.69 Å². The van der Waals surface area contributed by atoms with Crippen LogP contribution in [0.4, 0.5) is 0 Å². The van der Waals surface area contributed by atoms with Crippen molar-refractivity contribution in [1.29, 1.82) is 0 Å². The molecule has 1 atom stereocenters.